The third kappa shape index (κ3) is 2.23. The van der Waals surface area contributed by atoms with Crippen LogP contribution in [-0.4, -0.2) is 11.7 Å². The normalized spacial score (nSPS) is 14.3. The minimum Gasteiger partial charge on any atom is -0.325 e. The third-order valence-electron chi connectivity index (χ3n) is 2.39. The van der Waals surface area contributed by atoms with E-state index in [4.69, 9.17) is 0 Å². The number of anilines is 1. The van der Waals surface area contributed by atoms with Crippen molar-refractivity contribution in [1.29, 1.82) is 0 Å². The van der Waals surface area contributed by atoms with Crippen LogP contribution in [0.2, 0.25) is 0 Å². The number of benzene rings is 1. The predicted octanol–water partition coefficient (Wildman–Crippen LogP) is 2.51. The largest absolute Gasteiger partial charge is 0.325 e. The lowest BCUT2D eigenvalue weighted by molar-refractivity contribution is -0.115. The van der Waals surface area contributed by atoms with Gasteiger partial charge in [-0.05, 0) is 23.3 Å². The molecule has 0 unspecified atom stereocenters. The first kappa shape index (κ1) is 10.3. The number of carbonyl (C=O) groups is 1. The number of hydrogen-bond donors (Lipinski definition) is 2. The standard InChI is InChI=1S/C12H13NOS/c14-11-8-10-6-3-5-9(12(10)13-11)4-1-2-7-15/h1,3-6,15H,2,7-8H2,(H,13,14). The van der Waals surface area contributed by atoms with Crippen molar-refractivity contribution in [3.05, 3.63) is 35.4 Å². The van der Waals surface area contributed by atoms with Crippen molar-refractivity contribution in [2.24, 2.45) is 0 Å². The van der Waals surface area contributed by atoms with Gasteiger partial charge in [0, 0.05) is 0 Å². The van der Waals surface area contributed by atoms with Crippen molar-refractivity contribution in [3.8, 4) is 0 Å². The number of hydrogen-bond acceptors (Lipinski definition) is 2. The fourth-order valence-electron chi connectivity index (χ4n) is 1.70. The van der Waals surface area contributed by atoms with Gasteiger partial charge in [-0.1, -0.05) is 30.4 Å². The topological polar surface area (TPSA) is 29.1 Å². The first-order chi connectivity index (χ1) is 7.31. The molecule has 2 nitrogen and oxygen atoms in total. The second-order valence-electron chi connectivity index (χ2n) is 3.52. The average molecular weight is 219 g/mol. The molecule has 1 aromatic carbocycles. The van der Waals surface area contributed by atoms with Crippen LogP contribution in [0, 0.1) is 0 Å². The van der Waals surface area contributed by atoms with Crippen molar-refractivity contribution >= 4 is 30.3 Å². The predicted molar refractivity (Wildman–Crippen MR) is 66.3 cm³/mol. The molecular weight excluding hydrogens is 206 g/mol. The van der Waals surface area contributed by atoms with Crippen molar-refractivity contribution in [1.82, 2.24) is 0 Å². The van der Waals surface area contributed by atoms with E-state index in [9.17, 15) is 4.79 Å². The zero-order chi connectivity index (χ0) is 10.7. The van der Waals surface area contributed by atoms with Gasteiger partial charge < -0.3 is 5.32 Å². The van der Waals surface area contributed by atoms with Crippen LogP contribution in [-0.2, 0) is 11.2 Å². The molecule has 1 aromatic rings. The van der Waals surface area contributed by atoms with Crippen LogP contribution in [0.4, 0.5) is 5.69 Å². The van der Waals surface area contributed by atoms with Crippen molar-refractivity contribution < 1.29 is 4.79 Å². The van der Waals surface area contributed by atoms with E-state index in [-0.39, 0.29) is 5.91 Å². The van der Waals surface area contributed by atoms with Crippen LogP contribution < -0.4 is 5.32 Å². The quantitative estimate of drug-likeness (QED) is 0.751. The number of amides is 1. The zero-order valence-electron chi connectivity index (χ0n) is 8.36. The number of para-hydroxylation sites is 1. The van der Waals surface area contributed by atoms with Gasteiger partial charge in [0.05, 0.1) is 12.1 Å². The van der Waals surface area contributed by atoms with Gasteiger partial charge in [0.25, 0.3) is 0 Å². The summed E-state index contributed by atoms with van der Waals surface area (Å²) in [6.07, 6.45) is 5.57. The maximum Gasteiger partial charge on any atom is 0.228 e. The lowest BCUT2D eigenvalue weighted by Gasteiger charge is -2.02. The van der Waals surface area contributed by atoms with E-state index < -0.39 is 0 Å². The lowest BCUT2D eigenvalue weighted by Crippen LogP contribution is -2.04. The van der Waals surface area contributed by atoms with E-state index in [1.165, 1.54) is 0 Å². The van der Waals surface area contributed by atoms with Crippen molar-refractivity contribution in [2.45, 2.75) is 12.8 Å². The highest BCUT2D eigenvalue weighted by Gasteiger charge is 2.18. The van der Waals surface area contributed by atoms with Gasteiger partial charge in [0.2, 0.25) is 5.91 Å². The van der Waals surface area contributed by atoms with Crippen molar-refractivity contribution in [2.75, 3.05) is 11.1 Å². The highest BCUT2D eigenvalue weighted by Crippen LogP contribution is 2.27. The molecule has 0 fully saturated rings. The molecule has 0 aromatic heterocycles. The summed E-state index contributed by atoms with van der Waals surface area (Å²) in [6.45, 7) is 0. The third-order valence-corrected chi connectivity index (χ3v) is 2.65. The summed E-state index contributed by atoms with van der Waals surface area (Å²) in [4.78, 5) is 11.2. The molecule has 0 aliphatic carbocycles. The molecule has 0 atom stereocenters. The second kappa shape index (κ2) is 4.53. The molecule has 0 saturated heterocycles. The molecule has 0 radical (unpaired) electrons. The molecule has 0 spiro atoms. The molecule has 0 bridgehead atoms. The van der Waals surface area contributed by atoms with Gasteiger partial charge in [-0.3, -0.25) is 4.79 Å². The summed E-state index contributed by atoms with van der Waals surface area (Å²) in [5, 5.41) is 2.88. The summed E-state index contributed by atoms with van der Waals surface area (Å²) in [5.74, 6) is 0.928. The van der Waals surface area contributed by atoms with Crippen LogP contribution in [0.1, 0.15) is 17.5 Å². The highest BCUT2D eigenvalue weighted by molar-refractivity contribution is 7.80. The molecule has 1 heterocycles. The lowest BCUT2D eigenvalue weighted by atomic mass is 10.1. The second-order valence-corrected chi connectivity index (χ2v) is 3.97. The number of thiol groups is 1. The fourth-order valence-corrected chi connectivity index (χ4v) is 1.85. The van der Waals surface area contributed by atoms with E-state index >= 15 is 0 Å². The molecule has 1 N–H and O–H groups in total. The molecular formula is C12H13NOS. The summed E-state index contributed by atoms with van der Waals surface area (Å²) < 4.78 is 0. The van der Waals surface area contributed by atoms with Gasteiger partial charge >= 0.3 is 0 Å². The van der Waals surface area contributed by atoms with Gasteiger partial charge in [0.15, 0.2) is 0 Å². The Morgan fingerprint density at radius 3 is 3.13 bits per heavy atom. The minimum absolute atomic E-state index is 0.0834. The Bertz CT molecular complexity index is 412. The first-order valence-corrected chi connectivity index (χ1v) is 5.63. The van der Waals surface area contributed by atoms with Gasteiger partial charge in [-0.2, -0.15) is 12.6 Å². The summed E-state index contributed by atoms with van der Waals surface area (Å²) >= 11 is 4.14. The SMILES string of the molecule is O=C1Cc2cccc(C=CCCS)c2N1. The molecule has 3 heteroatoms. The zero-order valence-corrected chi connectivity index (χ0v) is 9.26. The van der Waals surface area contributed by atoms with Crippen LogP contribution >= 0.6 is 12.6 Å². The molecule has 1 amide bonds. The molecule has 78 valence electrons. The summed E-state index contributed by atoms with van der Waals surface area (Å²) in [5.41, 5.74) is 3.14. The Hall–Kier alpha value is -1.22. The molecule has 1 aliphatic heterocycles. The average Bonchev–Trinajstić information content (AvgIpc) is 2.59. The number of rotatable bonds is 3. The Morgan fingerprint density at radius 1 is 1.47 bits per heavy atom. The van der Waals surface area contributed by atoms with Gasteiger partial charge in [-0.25, -0.2) is 0 Å². The first-order valence-electron chi connectivity index (χ1n) is 5.00. The maximum atomic E-state index is 11.2. The summed E-state index contributed by atoms with van der Waals surface area (Å²) in [7, 11) is 0. The van der Waals surface area contributed by atoms with Crippen LogP contribution in [0.25, 0.3) is 6.08 Å². The van der Waals surface area contributed by atoms with E-state index in [0.717, 1.165) is 29.0 Å². The number of allylic oxidation sites excluding steroid dienone is 1. The number of nitrogens with one attached hydrogen (secondary N) is 1. The minimum atomic E-state index is 0.0834. The monoisotopic (exact) mass is 219 g/mol. The summed E-state index contributed by atoms with van der Waals surface area (Å²) in [6, 6.07) is 5.99. The molecule has 0 saturated carbocycles. The van der Waals surface area contributed by atoms with Gasteiger partial charge in [0.1, 0.15) is 0 Å². The van der Waals surface area contributed by atoms with Crippen LogP contribution in [0.3, 0.4) is 0 Å². The fraction of sp³-hybridized carbons (Fsp3) is 0.250. The Morgan fingerprint density at radius 2 is 2.33 bits per heavy atom. The highest BCUT2D eigenvalue weighted by atomic mass is 32.1. The molecule has 1 aliphatic rings. The maximum absolute atomic E-state index is 11.2. The van der Waals surface area contributed by atoms with E-state index in [0.29, 0.717) is 6.42 Å². The van der Waals surface area contributed by atoms with Crippen molar-refractivity contribution in [3.63, 3.8) is 0 Å². The van der Waals surface area contributed by atoms with Gasteiger partial charge in [-0.15, -0.1) is 0 Å². The number of fused-ring (bicyclic) bond motifs is 1. The smallest absolute Gasteiger partial charge is 0.228 e. The molecule has 15 heavy (non-hydrogen) atoms. The van der Waals surface area contributed by atoms with E-state index in [1.54, 1.807) is 0 Å². The van der Waals surface area contributed by atoms with Crippen LogP contribution in [0.5, 0.6) is 0 Å². The molecule has 2 rings (SSSR count). The van der Waals surface area contributed by atoms with E-state index in [2.05, 4.69) is 24.0 Å². The van der Waals surface area contributed by atoms with Crippen LogP contribution in [0.15, 0.2) is 24.3 Å². The Balaban J connectivity index is 2.26. The van der Waals surface area contributed by atoms with E-state index in [1.807, 2.05) is 24.3 Å². The Kier molecular flexibility index (Phi) is 3.11. The Labute approximate surface area is 94.8 Å². The number of carbonyl (C=O) groups excluding carboxylic acids is 1.